The molecule has 2 aromatic carbocycles. The SMILES string of the molecule is NCc1cnc(COc2cccc3ccccc23)[nH]1. The van der Waals surface area contributed by atoms with Gasteiger partial charge in [0, 0.05) is 23.8 Å². The molecule has 0 saturated carbocycles. The number of aromatic amines is 1. The van der Waals surface area contributed by atoms with Gasteiger partial charge >= 0.3 is 0 Å². The summed E-state index contributed by atoms with van der Waals surface area (Å²) in [5, 5.41) is 2.28. The standard InChI is InChI=1S/C15H15N3O/c16-8-12-9-17-15(18-12)10-19-14-7-3-5-11-4-1-2-6-13(11)14/h1-7,9H,8,10,16H2,(H,17,18). The Kier molecular flexibility index (Phi) is 3.16. The zero-order valence-electron chi connectivity index (χ0n) is 10.5. The van der Waals surface area contributed by atoms with Gasteiger partial charge < -0.3 is 15.5 Å². The van der Waals surface area contributed by atoms with E-state index < -0.39 is 0 Å². The number of benzene rings is 2. The smallest absolute Gasteiger partial charge is 0.146 e. The number of fused-ring (bicyclic) bond motifs is 1. The Bertz CT molecular complexity index is 685. The van der Waals surface area contributed by atoms with Gasteiger partial charge in [0.15, 0.2) is 0 Å². The van der Waals surface area contributed by atoms with Crippen molar-refractivity contribution in [3.05, 3.63) is 60.2 Å². The second kappa shape index (κ2) is 5.12. The maximum atomic E-state index is 5.83. The Morgan fingerprint density at radius 3 is 2.79 bits per heavy atom. The number of aromatic nitrogens is 2. The number of hydrogen-bond acceptors (Lipinski definition) is 3. The van der Waals surface area contributed by atoms with Gasteiger partial charge in [-0.15, -0.1) is 0 Å². The van der Waals surface area contributed by atoms with Gasteiger partial charge in [-0.1, -0.05) is 36.4 Å². The molecular formula is C15H15N3O. The summed E-state index contributed by atoms with van der Waals surface area (Å²) in [5.74, 6) is 1.65. The summed E-state index contributed by atoms with van der Waals surface area (Å²) in [6, 6.07) is 14.2. The Hall–Kier alpha value is -2.33. The summed E-state index contributed by atoms with van der Waals surface area (Å²) in [7, 11) is 0. The van der Waals surface area contributed by atoms with Crippen LogP contribution in [0.15, 0.2) is 48.7 Å². The number of rotatable bonds is 4. The van der Waals surface area contributed by atoms with Gasteiger partial charge in [0.2, 0.25) is 0 Å². The molecule has 0 spiro atoms. The van der Waals surface area contributed by atoms with Crippen molar-refractivity contribution in [2.75, 3.05) is 0 Å². The predicted molar refractivity (Wildman–Crippen MR) is 74.8 cm³/mol. The molecule has 4 nitrogen and oxygen atoms in total. The van der Waals surface area contributed by atoms with Crippen LogP contribution < -0.4 is 10.5 Å². The van der Waals surface area contributed by atoms with E-state index in [0.29, 0.717) is 13.2 Å². The number of imidazole rings is 1. The Labute approximate surface area is 111 Å². The first-order valence-corrected chi connectivity index (χ1v) is 6.20. The monoisotopic (exact) mass is 253 g/mol. The summed E-state index contributed by atoms with van der Waals surface area (Å²) in [4.78, 5) is 7.34. The fourth-order valence-electron chi connectivity index (χ4n) is 2.05. The first-order valence-electron chi connectivity index (χ1n) is 6.20. The lowest BCUT2D eigenvalue weighted by Crippen LogP contribution is -2.00. The summed E-state index contributed by atoms with van der Waals surface area (Å²) >= 11 is 0. The fourth-order valence-corrected chi connectivity index (χ4v) is 2.05. The lowest BCUT2D eigenvalue weighted by molar-refractivity contribution is 0.300. The van der Waals surface area contributed by atoms with Gasteiger partial charge in [0.1, 0.15) is 18.2 Å². The van der Waals surface area contributed by atoms with E-state index in [4.69, 9.17) is 10.5 Å². The second-order valence-electron chi connectivity index (χ2n) is 4.33. The van der Waals surface area contributed by atoms with Crippen LogP contribution in [0, 0.1) is 0 Å². The third kappa shape index (κ3) is 2.44. The molecule has 4 heteroatoms. The molecule has 0 unspecified atom stereocenters. The lowest BCUT2D eigenvalue weighted by atomic mass is 10.1. The van der Waals surface area contributed by atoms with Crippen molar-refractivity contribution in [1.82, 2.24) is 9.97 Å². The van der Waals surface area contributed by atoms with Crippen molar-refractivity contribution in [2.24, 2.45) is 5.73 Å². The lowest BCUT2D eigenvalue weighted by Gasteiger charge is -2.07. The highest BCUT2D eigenvalue weighted by Crippen LogP contribution is 2.25. The third-order valence-electron chi connectivity index (χ3n) is 3.02. The summed E-state index contributed by atoms with van der Waals surface area (Å²) in [6.07, 6.45) is 1.74. The first-order chi connectivity index (χ1) is 9.36. The van der Waals surface area contributed by atoms with Crippen LogP contribution in [0.2, 0.25) is 0 Å². The number of nitrogens with two attached hydrogens (primary N) is 1. The van der Waals surface area contributed by atoms with Gasteiger partial charge in [0.25, 0.3) is 0 Å². The molecule has 0 saturated heterocycles. The predicted octanol–water partition coefficient (Wildman–Crippen LogP) is 2.60. The Balaban J connectivity index is 1.81. The average molecular weight is 253 g/mol. The minimum absolute atomic E-state index is 0.411. The summed E-state index contributed by atoms with van der Waals surface area (Å²) in [5.41, 5.74) is 6.45. The maximum Gasteiger partial charge on any atom is 0.146 e. The summed E-state index contributed by atoms with van der Waals surface area (Å²) in [6.45, 7) is 0.870. The van der Waals surface area contributed by atoms with Crippen LogP contribution in [0.3, 0.4) is 0 Å². The quantitative estimate of drug-likeness (QED) is 0.751. The zero-order valence-corrected chi connectivity index (χ0v) is 10.5. The number of hydrogen-bond donors (Lipinski definition) is 2. The van der Waals surface area contributed by atoms with Crippen LogP contribution >= 0.6 is 0 Å². The molecule has 3 rings (SSSR count). The van der Waals surface area contributed by atoms with Gasteiger partial charge in [-0.2, -0.15) is 0 Å². The molecule has 0 aliphatic carbocycles. The van der Waals surface area contributed by atoms with Gasteiger partial charge in [-0.25, -0.2) is 4.98 Å². The summed E-state index contributed by atoms with van der Waals surface area (Å²) < 4.78 is 5.83. The van der Waals surface area contributed by atoms with Crippen molar-refractivity contribution < 1.29 is 4.74 Å². The maximum absolute atomic E-state index is 5.83. The Morgan fingerprint density at radius 1 is 1.11 bits per heavy atom. The molecule has 0 fully saturated rings. The highest BCUT2D eigenvalue weighted by atomic mass is 16.5. The fraction of sp³-hybridized carbons (Fsp3) is 0.133. The van der Waals surface area contributed by atoms with Crippen LogP contribution in [0.5, 0.6) is 5.75 Å². The number of nitrogens with zero attached hydrogens (tertiary/aromatic N) is 1. The molecule has 19 heavy (non-hydrogen) atoms. The second-order valence-corrected chi connectivity index (χ2v) is 4.33. The van der Waals surface area contributed by atoms with Crippen molar-refractivity contribution in [2.45, 2.75) is 13.2 Å². The van der Waals surface area contributed by atoms with Gasteiger partial charge in [-0.05, 0) is 11.5 Å². The van der Waals surface area contributed by atoms with E-state index in [1.54, 1.807) is 6.20 Å². The molecular weight excluding hydrogens is 238 g/mol. The largest absolute Gasteiger partial charge is 0.485 e. The molecule has 1 heterocycles. The molecule has 3 N–H and O–H groups in total. The van der Waals surface area contributed by atoms with Crippen LogP contribution in [-0.2, 0) is 13.2 Å². The highest BCUT2D eigenvalue weighted by Gasteiger charge is 2.03. The van der Waals surface area contributed by atoms with Crippen LogP contribution in [0.4, 0.5) is 0 Å². The van der Waals surface area contributed by atoms with Crippen molar-refractivity contribution in [1.29, 1.82) is 0 Å². The van der Waals surface area contributed by atoms with E-state index in [1.165, 1.54) is 5.39 Å². The van der Waals surface area contributed by atoms with Crippen molar-refractivity contribution in [3.63, 3.8) is 0 Å². The molecule has 0 aliphatic rings. The van der Waals surface area contributed by atoms with E-state index >= 15 is 0 Å². The molecule has 0 atom stereocenters. The molecule has 0 bridgehead atoms. The zero-order chi connectivity index (χ0) is 13.1. The van der Waals surface area contributed by atoms with Crippen LogP contribution in [0.25, 0.3) is 10.8 Å². The number of ether oxygens (including phenoxy) is 1. The van der Waals surface area contributed by atoms with Crippen molar-refractivity contribution >= 4 is 10.8 Å². The normalized spacial score (nSPS) is 10.8. The van der Waals surface area contributed by atoms with E-state index in [9.17, 15) is 0 Å². The number of nitrogens with one attached hydrogen (secondary N) is 1. The molecule has 96 valence electrons. The molecule has 0 aliphatic heterocycles. The van der Waals surface area contributed by atoms with Gasteiger partial charge in [0.05, 0.1) is 0 Å². The van der Waals surface area contributed by atoms with Crippen molar-refractivity contribution in [3.8, 4) is 5.75 Å². The van der Waals surface area contributed by atoms with Gasteiger partial charge in [-0.3, -0.25) is 0 Å². The van der Waals surface area contributed by atoms with Crippen LogP contribution in [0.1, 0.15) is 11.5 Å². The van der Waals surface area contributed by atoms with E-state index in [1.807, 2.05) is 24.3 Å². The van der Waals surface area contributed by atoms with E-state index in [2.05, 4.69) is 28.2 Å². The van der Waals surface area contributed by atoms with E-state index in [0.717, 1.165) is 22.7 Å². The minimum atomic E-state index is 0.411. The molecule has 0 amide bonds. The van der Waals surface area contributed by atoms with Crippen LogP contribution in [-0.4, -0.2) is 9.97 Å². The topological polar surface area (TPSA) is 63.9 Å². The minimum Gasteiger partial charge on any atom is -0.485 e. The molecule has 0 radical (unpaired) electrons. The molecule has 1 aromatic heterocycles. The van der Waals surface area contributed by atoms with E-state index in [-0.39, 0.29) is 0 Å². The average Bonchev–Trinajstić information content (AvgIpc) is 2.93. The first kappa shape index (κ1) is 11.7. The number of H-pyrrole nitrogens is 1. The molecule has 3 aromatic rings. The highest BCUT2D eigenvalue weighted by molar-refractivity contribution is 5.88. The Morgan fingerprint density at radius 2 is 1.95 bits per heavy atom. The third-order valence-corrected chi connectivity index (χ3v) is 3.02.